The lowest BCUT2D eigenvalue weighted by Gasteiger charge is -2.39. The molecular weight excluding hydrogens is 534 g/mol. The van der Waals surface area contributed by atoms with E-state index in [9.17, 15) is 14.4 Å². The first kappa shape index (κ1) is 34.2. The summed E-state index contributed by atoms with van der Waals surface area (Å²) in [4.78, 5) is 43.2. The topological polar surface area (TPSA) is 87.7 Å². The predicted molar refractivity (Wildman–Crippen MR) is 170 cm³/mol. The predicted octanol–water partition coefficient (Wildman–Crippen LogP) is 7.28. The van der Waals surface area contributed by atoms with Gasteiger partial charge in [0, 0.05) is 11.7 Å². The Bertz CT molecular complexity index is 1140. The van der Waals surface area contributed by atoms with Gasteiger partial charge < -0.3 is 20.3 Å². The minimum Gasteiger partial charge on any atom is -0.444 e. The smallest absolute Gasteiger partial charge is 0.408 e. The summed E-state index contributed by atoms with van der Waals surface area (Å²) in [6, 6.07) is 13.3. The maximum atomic E-state index is 14.5. The highest BCUT2D eigenvalue weighted by atomic mass is 32.2. The Morgan fingerprint density at radius 2 is 1.56 bits per heavy atom. The van der Waals surface area contributed by atoms with Crippen LogP contribution >= 0.6 is 11.8 Å². The fourth-order valence-corrected chi connectivity index (χ4v) is 5.01. The molecule has 2 aromatic rings. The lowest BCUT2D eigenvalue weighted by Crippen LogP contribution is -2.55. The molecule has 3 unspecified atom stereocenters. The van der Waals surface area contributed by atoms with Gasteiger partial charge in [0.1, 0.15) is 17.7 Å². The zero-order valence-electron chi connectivity index (χ0n) is 26.2. The van der Waals surface area contributed by atoms with Crippen LogP contribution in [0.2, 0.25) is 0 Å². The first-order valence-corrected chi connectivity index (χ1v) is 15.9. The minimum absolute atomic E-state index is 0.268. The number of carbonyl (C=O) groups excluding carboxylic acids is 3. The van der Waals surface area contributed by atoms with Crippen LogP contribution in [0.5, 0.6) is 0 Å². The molecule has 0 aliphatic rings. The summed E-state index contributed by atoms with van der Waals surface area (Å²) in [7, 11) is 0. The molecule has 0 aliphatic heterocycles. The third kappa shape index (κ3) is 11.1. The van der Waals surface area contributed by atoms with Crippen molar-refractivity contribution in [1.29, 1.82) is 0 Å². The largest absolute Gasteiger partial charge is 0.444 e. The van der Waals surface area contributed by atoms with E-state index in [0.717, 1.165) is 17.5 Å². The quantitative estimate of drug-likeness (QED) is 0.259. The van der Waals surface area contributed by atoms with E-state index in [-0.39, 0.29) is 17.9 Å². The zero-order chi connectivity index (χ0) is 30.7. The number of hydrogen-bond acceptors (Lipinski definition) is 5. The van der Waals surface area contributed by atoms with Crippen molar-refractivity contribution in [3.8, 4) is 0 Å². The third-order valence-electron chi connectivity index (χ3n) is 6.81. The lowest BCUT2D eigenvalue weighted by molar-refractivity contribution is -0.143. The van der Waals surface area contributed by atoms with Gasteiger partial charge in [-0.1, -0.05) is 61.9 Å². The number of hydrogen-bond donors (Lipinski definition) is 2. The number of rotatable bonds is 13. The maximum Gasteiger partial charge on any atom is 0.408 e. The molecule has 3 amide bonds. The Labute approximate surface area is 251 Å². The van der Waals surface area contributed by atoms with Crippen LogP contribution in [0.4, 0.5) is 10.5 Å². The van der Waals surface area contributed by atoms with Gasteiger partial charge in [-0.15, -0.1) is 0 Å². The molecule has 0 bridgehead atoms. The average molecular weight is 584 g/mol. The van der Waals surface area contributed by atoms with E-state index in [1.54, 1.807) is 37.4 Å². The molecule has 2 rings (SSSR count). The number of aryl methyl sites for hydroxylation is 2. The monoisotopic (exact) mass is 583 g/mol. The second-order valence-electron chi connectivity index (χ2n) is 12.2. The fourth-order valence-electron chi connectivity index (χ4n) is 4.54. The summed E-state index contributed by atoms with van der Waals surface area (Å²) in [6.45, 7) is 15.6. The number of carbonyl (C=O) groups is 3. The van der Waals surface area contributed by atoms with Crippen molar-refractivity contribution in [2.75, 3.05) is 17.3 Å². The van der Waals surface area contributed by atoms with Gasteiger partial charge in [0.15, 0.2) is 0 Å². The molecule has 7 nitrogen and oxygen atoms in total. The Morgan fingerprint density at radius 1 is 0.927 bits per heavy atom. The number of nitrogens with zero attached hydrogens (tertiary/aromatic N) is 1. The van der Waals surface area contributed by atoms with E-state index in [4.69, 9.17) is 4.74 Å². The Kier molecular flexibility index (Phi) is 13.2. The number of benzene rings is 2. The van der Waals surface area contributed by atoms with Crippen LogP contribution in [0.15, 0.2) is 48.5 Å². The molecule has 0 saturated carbocycles. The van der Waals surface area contributed by atoms with Crippen molar-refractivity contribution in [2.24, 2.45) is 5.92 Å². The second-order valence-corrected chi connectivity index (χ2v) is 13.1. The van der Waals surface area contributed by atoms with Crippen molar-refractivity contribution in [1.82, 2.24) is 10.2 Å². The number of thioether (sulfide) groups is 1. The molecule has 8 heteroatoms. The molecule has 0 aliphatic carbocycles. The first-order valence-electron chi connectivity index (χ1n) is 14.5. The van der Waals surface area contributed by atoms with Crippen molar-refractivity contribution < 1.29 is 19.1 Å². The normalized spacial score (nSPS) is 13.7. The van der Waals surface area contributed by atoms with E-state index in [1.165, 1.54) is 0 Å². The third-order valence-corrected chi connectivity index (χ3v) is 7.46. The molecule has 41 heavy (non-hydrogen) atoms. The van der Waals surface area contributed by atoms with Crippen molar-refractivity contribution in [2.45, 2.75) is 98.4 Å². The van der Waals surface area contributed by atoms with Crippen LogP contribution in [0.25, 0.3) is 0 Å². The summed E-state index contributed by atoms with van der Waals surface area (Å²) >= 11 is 1.60. The molecule has 2 aromatic carbocycles. The zero-order valence-corrected chi connectivity index (χ0v) is 27.1. The number of anilines is 1. The number of para-hydroxylation sites is 1. The standard InChI is InChI=1S/C33H49N3O4S/c1-22(2)14-17-25(5)36(31(38)28(20-21-41-9)35-32(39)40-33(6,7)8)29(26-18-15-23(3)16-19-26)30(37)34-27-13-11-10-12-24(27)4/h10-13,15-16,18-19,22,25,28-29H,14,17,20-21H2,1-9H3,(H,34,37)(H,35,39). The lowest BCUT2D eigenvalue weighted by atomic mass is 9.96. The number of ether oxygens (including phenoxy) is 1. The second kappa shape index (κ2) is 15.9. The molecule has 3 atom stereocenters. The van der Waals surface area contributed by atoms with E-state index in [1.807, 2.05) is 75.6 Å². The van der Waals surface area contributed by atoms with E-state index in [2.05, 4.69) is 24.5 Å². The van der Waals surface area contributed by atoms with Crippen LogP contribution in [0.3, 0.4) is 0 Å². The van der Waals surface area contributed by atoms with Gasteiger partial charge in [-0.05, 0) is 95.9 Å². The van der Waals surface area contributed by atoms with Crippen LogP contribution in [-0.2, 0) is 14.3 Å². The van der Waals surface area contributed by atoms with E-state index >= 15 is 0 Å². The SMILES string of the molecule is CSCCC(NC(=O)OC(C)(C)C)C(=O)N(C(C)CCC(C)C)C(C(=O)Nc1ccccc1C)c1ccc(C)cc1. The van der Waals surface area contributed by atoms with Crippen LogP contribution < -0.4 is 10.6 Å². The summed E-state index contributed by atoms with van der Waals surface area (Å²) in [5.41, 5.74) is 2.69. The molecule has 0 spiro atoms. The van der Waals surface area contributed by atoms with Crippen molar-refractivity contribution >= 4 is 35.4 Å². The number of alkyl carbamates (subject to hydrolysis) is 1. The van der Waals surface area contributed by atoms with Crippen LogP contribution in [0.1, 0.15) is 83.5 Å². The van der Waals surface area contributed by atoms with Gasteiger partial charge in [-0.2, -0.15) is 11.8 Å². The summed E-state index contributed by atoms with van der Waals surface area (Å²) in [5.74, 6) is 0.492. The van der Waals surface area contributed by atoms with Gasteiger partial charge in [0.25, 0.3) is 5.91 Å². The Hall–Kier alpha value is -3.00. The molecule has 2 N–H and O–H groups in total. The number of amides is 3. The summed E-state index contributed by atoms with van der Waals surface area (Å²) < 4.78 is 5.51. The van der Waals surface area contributed by atoms with Crippen LogP contribution in [0, 0.1) is 19.8 Å². The Balaban J connectivity index is 2.61. The molecule has 0 saturated heterocycles. The fraction of sp³-hybridized carbons (Fsp3) is 0.545. The molecular formula is C33H49N3O4S. The van der Waals surface area contributed by atoms with Gasteiger partial charge >= 0.3 is 6.09 Å². The molecule has 226 valence electrons. The molecule has 0 heterocycles. The van der Waals surface area contributed by atoms with Crippen molar-refractivity contribution in [3.63, 3.8) is 0 Å². The van der Waals surface area contributed by atoms with E-state index < -0.39 is 23.8 Å². The van der Waals surface area contributed by atoms with Gasteiger partial charge in [0.05, 0.1) is 0 Å². The highest BCUT2D eigenvalue weighted by Gasteiger charge is 2.39. The summed E-state index contributed by atoms with van der Waals surface area (Å²) in [6.07, 6.45) is 3.32. The van der Waals surface area contributed by atoms with Crippen molar-refractivity contribution in [3.05, 3.63) is 65.2 Å². The average Bonchev–Trinajstić information content (AvgIpc) is 2.88. The minimum atomic E-state index is -0.901. The van der Waals surface area contributed by atoms with E-state index in [0.29, 0.717) is 35.8 Å². The highest BCUT2D eigenvalue weighted by molar-refractivity contribution is 7.98. The first-order chi connectivity index (χ1) is 19.2. The van der Waals surface area contributed by atoms with Gasteiger partial charge in [0.2, 0.25) is 5.91 Å². The van der Waals surface area contributed by atoms with Crippen LogP contribution in [-0.4, -0.2) is 52.5 Å². The molecule has 0 aromatic heterocycles. The maximum absolute atomic E-state index is 14.5. The molecule has 0 fully saturated rings. The highest BCUT2D eigenvalue weighted by Crippen LogP contribution is 2.30. The number of nitrogens with one attached hydrogen (secondary N) is 2. The Morgan fingerprint density at radius 3 is 2.12 bits per heavy atom. The summed E-state index contributed by atoms with van der Waals surface area (Å²) in [5, 5.41) is 5.91. The van der Waals surface area contributed by atoms with Gasteiger partial charge in [-0.25, -0.2) is 4.79 Å². The van der Waals surface area contributed by atoms with Gasteiger partial charge in [-0.3, -0.25) is 9.59 Å². The molecule has 0 radical (unpaired) electrons.